The standard InChI is InChI=1S/C13H15N5O2S/c14-10-8-3-4-16-17-13(8)21-11(10)12(20)15-7-9(19)18-5-1-2-6-18/h3-4H,1-2,5-7,14H2,(H,15,20). The van der Waals surface area contributed by atoms with Crippen molar-refractivity contribution < 1.29 is 9.59 Å². The Balaban J connectivity index is 1.69. The molecule has 8 heteroatoms. The van der Waals surface area contributed by atoms with Crippen LogP contribution in [0.1, 0.15) is 22.5 Å². The fraction of sp³-hybridized carbons (Fsp3) is 0.385. The summed E-state index contributed by atoms with van der Waals surface area (Å²) >= 11 is 1.18. The van der Waals surface area contributed by atoms with E-state index in [2.05, 4.69) is 15.5 Å². The largest absolute Gasteiger partial charge is 0.397 e. The number of nitrogens with two attached hydrogens (primary N) is 1. The summed E-state index contributed by atoms with van der Waals surface area (Å²) in [6, 6.07) is 1.72. The number of amides is 2. The first-order chi connectivity index (χ1) is 10.2. The van der Waals surface area contributed by atoms with E-state index in [0.29, 0.717) is 20.8 Å². The molecule has 0 bridgehead atoms. The molecule has 0 aliphatic carbocycles. The lowest BCUT2D eigenvalue weighted by molar-refractivity contribution is -0.129. The monoisotopic (exact) mass is 305 g/mol. The van der Waals surface area contributed by atoms with Gasteiger partial charge >= 0.3 is 0 Å². The molecule has 21 heavy (non-hydrogen) atoms. The van der Waals surface area contributed by atoms with E-state index in [1.54, 1.807) is 11.0 Å². The molecule has 3 rings (SSSR count). The summed E-state index contributed by atoms with van der Waals surface area (Å²) in [5.74, 6) is -0.400. The van der Waals surface area contributed by atoms with Gasteiger partial charge in [0.05, 0.1) is 18.4 Å². The second-order valence-corrected chi connectivity index (χ2v) is 5.86. The summed E-state index contributed by atoms with van der Waals surface area (Å²) in [6.07, 6.45) is 3.59. The molecule has 110 valence electrons. The molecular weight excluding hydrogens is 290 g/mol. The Morgan fingerprint density at radius 3 is 2.86 bits per heavy atom. The maximum Gasteiger partial charge on any atom is 0.264 e. The number of fused-ring (bicyclic) bond motifs is 1. The normalized spacial score (nSPS) is 14.6. The quantitative estimate of drug-likeness (QED) is 0.866. The lowest BCUT2D eigenvalue weighted by Crippen LogP contribution is -2.38. The molecular formula is C13H15N5O2S. The minimum atomic E-state index is -0.344. The molecule has 2 aromatic heterocycles. The van der Waals surface area contributed by atoms with Gasteiger partial charge in [-0.15, -0.1) is 16.4 Å². The Morgan fingerprint density at radius 1 is 1.38 bits per heavy atom. The van der Waals surface area contributed by atoms with E-state index < -0.39 is 0 Å². The van der Waals surface area contributed by atoms with Gasteiger partial charge in [0.2, 0.25) is 5.91 Å². The van der Waals surface area contributed by atoms with Crippen LogP contribution in [0.25, 0.3) is 10.2 Å². The van der Waals surface area contributed by atoms with Gasteiger partial charge < -0.3 is 16.0 Å². The maximum atomic E-state index is 12.2. The van der Waals surface area contributed by atoms with E-state index in [-0.39, 0.29) is 18.4 Å². The molecule has 0 aromatic carbocycles. The van der Waals surface area contributed by atoms with Gasteiger partial charge in [0, 0.05) is 18.5 Å². The average Bonchev–Trinajstić information content (AvgIpc) is 3.13. The predicted molar refractivity (Wildman–Crippen MR) is 80.0 cm³/mol. The summed E-state index contributed by atoms with van der Waals surface area (Å²) in [7, 11) is 0. The molecule has 1 aliphatic heterocycles. The molecule has 0 saturated carbocycles. The van der Waals surface area contributed by atoms with E-state index in [1.165, 1.54) is 17.5 Å². The van der Waals surface area contributed by atoms with Gasteiger partial charge in [-0.05, 0) is 18.9 Å². The maximum absolute atomic E-state index is 12.2. The highest BCUT2D eigenvalue weighted by Crippen LogP contribution is 2.31. The summed E-state index contributed by atoms with van der Waals surface area (Å²) in [4.78, 5) is 26.8. The molecule has 7 nitrogen and oxygen atoms in total. The second kappa shape index (κ2) is 5.65. The van der Waals surface area contributed by atoms with Crippen molar-refractivity contribution in [3.63, 3.8) is 0 Å². The number of carbonyl (C=O) groups is 2. The van der Waals surface area contributed by atoms with Gasteiger partial charge in [-0.3, -0.25) is 9.59 Å². The van der Waals surface area contributed by atoms with E-state index >= 15 is 0 Å². The molecule has 1 aliphatic rings. The minimum absolute atomic E-state index is 0.00179. The number of aromatic nitrogens is 2. The first-order valence-corrected chi connectivity index (χ1v) is 7.54. The van der Waals surface area contributed by atoms with Gasteiger partial charge in [0.1, 0.15) is 9.71 Å². The van der Waals surface area contributed by atoms with Crippen molar-refractivity contribution in [2.24, 2.45) is 0 Å². The Kier molecular flexibility index (Phi) is 3.70. The van der Waals surface area contributed by atoms with Crippen LogP contribution >= 0.6 is 11.3 Å². The number of hydrogen-bond acceptors (Lipinski definition) is 6. The van der Waals surface area contributed by atoms with E-state index in [9.17, 15) is 9.59 Å². The third kappa shape index (κ3) is 2.66. The van der Waals surface area contributed by atoms with Crippen molar-refractivity contribution in [3.8, 4) is 0 Å². The molecule has 0 radical (unpaired) electrons. The van der Waals surface area contributed by atoms with Crippen LogP contribution in [0.3, 0.4) is 0 Å². The highest BCUT2D eigenvalue weighted by Gasteiger charge is 2.21. The van der Waals surface area contributed by atoms with Crippen molar-refractivity contribution in [2.75, 3.05) is 25.4 Å². The first-order valence-electron chi connectivity index (χ1n) is 6.72. The average molecular weight is 305 g/mol. The molecule has 0 atom stereocenters. The van der Waals surface area contributed by atoms with Crippen molar-refractivity contribution in [2.45, 2.75) is 12.8 Å². The second-order valence-electron chi connectivity index (χ2n) is 4.87. The third-order valence-corrected chi connectivity index (χ3v) is 4.59. The molecule has 3 heterocycles. The van der Waals surface area contributed by atoms with E-state index in [4.69, 9.17) is 5.73 Å². The topological polar surface area (TPSA) is 101 Å². The van der Waals surface area contributed by atoms with Crippen LogP contribution in [0.15, 0.2) is 12.3 Å². The van der Waals surface area contributed by atoms with Crippen molar-refractivity contribution in [1.82, 2.24) is 20.4 Å². The zero-order valence-corrected chi connectivity index (χ0v) is 12.2. The van der Waals surface area contributed by atoms with Crippen molar-refractivity contribution in [3.05, 3.63) is 17.1 Å². The zero-order chi connectivity index (χ0) is 14.8. The summed E-state index contributed by atoms with van der Waals surface area (Å²) in [5.41, 5.74) is 6.34. The van der Waals surface area contributed by atoms with Gasteiger partial charge in [-0.2, -0.15) is 5.10 Å². The zero-order valence-electron chi connectivity index (χ0n) is 11.3. The Morgan fingerprint density at radius 2 is 2.14 bits per heavy atom. The van der Waals surface area contributed by atoms with Gasteiger partial charge in [-0.25, -0.2) is 0 Å². The SMILES string of the molecule is Nc1c(C(=O)NCC(=O)N2CCCC2)sc2nnccc12. The van der Waals surface area contributed by atoms with Gasteiger partial charge in [0.25, 0.3) is 5.91 Å². The van der Waals surface area contributed by atoms with Gasteiger partial charge in [-0.1, -0.05) is 0 Å². The van der Waals surface area contributed by atoms with Crippen molar-refractivity contribution in [1.29, 1.82) is 0 Å². The molecule has 2 amide bonds. The Labute approximate surface area is 125 Å². The smallest absolute Gasteiger partial charge is 0.264 e. The fourth-order valence-corrected chi connectivity index (χ4v) is 3.31. The van der Waals surface area contributed by atoms with E-state index in [0.717, 1.165) is 25.9 Å². The number of nitrogen functional groups attached to an aromatic ring is 1. The van der Waals surface area contributed by atoms with E-state index in [1.807, 2.05) is 0 Å². The van der Waals surface area contributed by atoms with Crippen LogP contribution in [0.4, 0.5) is 5.69 Å². The number of likely N-dealkylation sites (tertiary alicyclic amines) is 1. The van der Waals surface area contributed by atoms with Crippen LogP contribution in [-0.4, -0.2) is 46.5 Å². The summed E-state index contributed by atoms with van der Waals surface area (Å²) < 4.78 is 0. The van der Waals surface area contributed by atoms with Crippen molar-refractivity contribution >= 4 is 39.1 Å². The van der Waals surface area contributed by atoms with Crippen LogP contribution < -0.4 is 11.1 Å². The van der Waals surface area contributed by atoms with Crippen LogP contribution in [0.5, 0.6) is 0 Å². The van der Waals surface area contributed by atoms with Crippen LogP contribution in [-0.2, 0) is 4.79 Å². The van der Waals surface area contributed by atoms with Crippen LogP contribution in [0, 0.1) is 0 Å². The highest BCUT2D eigenvalue weighted by molar-refractivity contribution is 7.21. The number of nitrogens with zero attached hydrogens (tertiary/aromatic N) is 3. The highest BCUT2D eigenvalue weighted by atomic mass is 32.1. The third-order valence-electron chi connectivity index (χ3n) is 3.49. The fourth-order valence-electron chi connectivity index (χ4n) is 2.36. The molecule has 3 N–H and O–H groups in total. The molecule has 0 unspecified atom stereocenters. The Hall–Kier alpha value is -2.22. The number of carbonyl (C=O) groups excluding carboxylic acids is 2. The first kappa shape index (κ1) is 13.7. The summed E-state index contributed by atoms with van der Waals surface area (Å²) in [6.45, 7) is 1.54. The minimum Gasteiger partial charge on any atom is -0.397 e. The van der Waals surface area contributed by atoms with Crippen LogP contribution in [0.2, 0.25) is 0 Å². The Bertz CT molecular complexity index is 693. The molecule has 2 aromatic rings. The predicted octanol–water partition coefficient (Wildman–Crippen LogP) is 0.626. The number of thiophene rings is 1. The molecule has 0 spiro atoms. The summed E-state index contributed by atoms with van der Waals surface area (Å²) in [5, 5.41) is 11.0. The van der Waals surface area contributed by atoms with Gasteiger partial charge in [0.15, 0.2) is 0 Å². The number of nitrogens with one attached hydrogen (secondary N) is 1. The number of rotatable bonds is 3. The lowest BCUT2D eigenvalue weighted by Gasteiger charge is -2.15. The molecule has 1 fully saturated rings. The number of anilines is 1. The number of hydrogen-bond donors (Lipinski definition) is 2. The lowest BCUT2D eigenvalue weighted by atomic mass is 10.3. The molecule has 1 saturated heterocycles.